The van der Waals surface area contributed by atoms with Crippen LogP contribution in [-0.2, 0) is 17.6 Å². The molecule has 130 valence electrons. The number of rotatable bonds is 8. The van der Waals surface area contributed by atoms with Crippen molar-refractivity contribution in [1.29, 1.82) is 0 Å². The summed E-state index contributed by atoms with van der Waals surface area (Å²) < 4.78 is 5.81. The molecule has 0 spiro atoms. The topological polar surface area (TPSA) is 68.0 Å². The van der Waals surface area contributed by atoms with E-state index in [2.05, 4.69) is 22.4 Å². The van der Waals surface area contributed by atoms with Crippen LogP contribution < -0.4 is 5.32 Å². The highest BCUT2D eigenvalue weighted by Gasteiger charge is 2.10. The standard InChI is InChI=1S/C19H21N3O2S/c1-2-3-9-18-21-22-19(25-18)20-17(23)13-11-15-10-12-16(24-15)14-7-5-4-6-8-14/h4-8,10,12H,2-3,9,11,13H2,1H3,(H,20,22,23). The fourth-order valence-electron chi connectivity index (χ4n) is 2.42. The lowest BCUT2D eigenvalue weighted by Crippen LogP contribution is -2.11. The number of anilines is 1. The van der Waals surface area contributed by atoms with Crippen LogP contribution in [0.25, 0.3) is 11.3 Å². The monoisotopic (exact) mass is 355 g/mol. The van der Waals surface area contributed by atoms with E-state index >= 15 is 0 Å². The van der Waals surface area contributed by atoms with E-state index in [0.717, 1.165) is 41.4 Å². The number of hydrogen-bond donors (Lipinski definition) is 1. The first-order chi connectivity index (χ1) is 12.2. The van der Waals surface area contributed by atoms with Crippen molar-refractivity contribution >= 4 is 22.4 Å². The molecule has 0 saturated carbocycles. The van der Waals surface area contributed by atoms with Gasteiger partial charge in [0.15, 0.2) is 0 Å². The Labute approximate surface area is 151 Å². The largest absolute Gasteiger partial charge is 0.461 e. The summed E-state index contributed by atoms with van der Waals surface area (Å²) in [7, 11) is 0. The van der Waals surface area contributed by atoms with Gasteiger partial charge in [-0.25, -0.2) is 0 Å². The minimum absolute atomic E-state index is 0.0733. The lowest BCUT2D eigenvalue weighted by atomic mass is 10.2. The van der Waals surface area contributed by atoms with E-state index in [9.17, 15) is 4.79 Å². The Morgan fingerprint density at radius 2 is 1.96 bits per heavy atom. The van der Waals surface area contributed by atoms with Gasteiger partial charge in [-0.15, -0.1) is 10.2 Å². The van der Waals surface area contributed by atoms with Crippen molar-refractivity contribution in [3.63, 3.8) is 0 Å². The molecule has 0 bridgehead atoms. The molecule has 3 rings (SSSR count). The molecule has 0 unspecified atom stereocenters. The van der Waals surface area contributed by atoms with E-state index in [0.29, 0.717) is 18.0 Å². The van der Waals surface area contributed by atoms with Crippen LogP contribution in [0, 0.1) is 0 Å². The molecule has 1 N–H and O–H groups in total. The Hall–Kier alpha value is -2.47. The first-order valence-electron chi connectivity index (χ1n) is 8.51. The van der Waals surface area contributed by atoms with Crippen molar-refractivity contribution in [1.82, 2.24) is 10.2 Å². The molecule has 0 aliphatic rings. The number of carbonyl (C=O) groups excluding carboxylic acids is 1. The molecule has 1 aromatic carbocycles. The predicted molar refractivity (Wildman–Crippen MR) is 99.6 cm³/mol. The summed E-state index contributed by atoms with van der Waals surface area (Å²) >= 11 is 1.45. The van der Waals surface area contributed by atoms with Gasteiger partial charge in [0, 0.05) is 24.8 Å². The molecule has 0 radical (unpaired) electrons. The van der Waals surface area contributed by atoms with Crippen LogP contribution in [0.2, 0.25) is 0 Å². The van der Waals surface area contributed by atoms with Gasteiger partial charge in [-0.2, -0.15) is 0 Å². The summed E-state index contributed by atoms with van der Waals surface area (Å²) in [4.78, 5) is 12.1. The number of nitrogens with zero attached hydrogens (tertiary/aromatic N) is 2. The maximum atomic E-state index is 12.1. The van der Waals surface area contributed by atoms with Crippen LogP contribution >= 0.6 is 11.3 Å². The fourth-order valence-corrected chi connectivity index (χ4v) is 3.22. The zero-order valence-electron chi connectivity index (χ0n) is 14.2. The number of amides is 1. The summed E-state index contributed by atoms with van der Waals surface area (Å²) in [6.45, 7) is 2.14. The van der Waals surface area contributed by atoms with Gasteiger partial charge < -0.3 is 9.73 Å². The number of aryl methyl sites for hydroxylation is 2. The van der Waals surface area contributed by atoms with Gasteiger partial charge in [0.05, 0.1) is 0 Å². The highest BCUT2D eigenvalue weighted by atomic mass is 32.1. The second kappa shape index (κ2) is 8.58. The number of nitrogens with one attached hydrogen (secondary N) is 1. The van der Waals surface area contributed by atoms with E-state index < -0.39 is 0 Å². The minimum atomic E-state index is -0.0733. The molecule has 25 heavy (non-hydrogen) atoms. The summed E-state index contributed by atoms with van der Waals surface area (Å²) in [6, 6.07) is 13.8. The molecule has 0 atom stereocenters. The molecular weight excluding hydrogens is 334 g/mol. The predicted octanol–water partition coefficient (Wildman–Crippen LogP) is 4.71. The van der Waals surface area contributed by atoms with Crippen LogP contribution in [-0.4, -0.2) is 16.1 Å². The summed E-state index contributed by atoms with van der Waals surface area (Å²) in [5.41, 5.74) is 1.03. The van der Waals surface area contributed by atoms with E-state index in [1.165, 1.54) is 11.3 Å². The molecule has 2 heterocycles. The van der Waals surface area contributed by atoms with Gasteiger partial charge in [0.1, 0.15) is 16.5 Å². The lowest BCUT2D eigenvalue weighted by Gasteiger charge is -2.00. The van der Waals surface area contributed by atoms with Crippen molar-refractivity contribution in [2.75, 3.05) is 5.32 Å². The summed E-state index contributed by atoms with van der Waals surface area (Å²) in [6.07, 6.45) is 4.03. The Balaban J connectivity index is 1.49. The third-order valence-electron chi connectivity index (χ3n) is 3.78. The second-order valence-corrected chi connectivity index (χ2v) is 6.85. The first kappa shape index (κ1) is 17.4. The summed E-state index contributed by atoms with van der Waals surface area (Å²) in [5, 5.41) is 12.5. The number of furan rings is 1. The maximum Gasteiger partial charge on any atom is 0.226 e. The van der Waals surface area contributed by atoms with Gasteiger partial charge in [-0.3, -0.25) is 4.79 Å². The number of carbonyl (C=O) groups is 1. The van der Waals surface area contributed by atoms with Gasteiger partial charge in [0.25, 0.3) is 0 Å². The van der Waals surface area contributed by atoms with E-state index in [1.54, 1.807) is 0 Å². The normalized spacial score (nSPS) is 10.8. The molecular formula is C19H21N3O2S. The number of hydrogen-bond acceptors (Lipinski definition) is 5. The average molecular weight is 355 g/mol. The van der Waals surface area contributed by atoms with Gasteiger partial charge in [0.2, 0.25) is 11.0 Å². The van der Waals surface area contributed by atoms with Crippen LogP contribution in [0.3, 0.4) is 0 Å². The van der Waals surface area contributed by atoms with Crippen LogP contribution in [0.1, 0.15) is 37.0 Å². The van der Waals surface area contributed by atoms with E-state index in [4.69, 9.17) is 4.42 Å². The third kappa shape index (κ3) is 5.00. The lowest BCUT2D eigenvalue weighted by molar-refractivity contribution is -0.116. The molecule has 0 aliphatic heterocycles. The van der Waals surface area contributed by atoms with E-state index in [1.807, 2.05) is 42.5 Å². The quantitative estimate of drug-likeness (QED) is 0.635. The Bertz CT molecular complexity index is 811. The third-order valence-corrected chi connectivity index (χ3v) is 4.67. The maximum absolute atomic E-state index is 12.1. The molecule has 2 aromatic heterocycles. The fraction of sp³-hybridized carbons (Fsp3) is 0.316. The van der Waals surface area contributed by atoms with Crippen molar-refractivity contribution < 1.29 is 9.21 Å². The van der Waals surface area contributed by atoms with Gasteiger partial charge in [-0.05, 0) is 18.6 Å². The van der Waals surface area contributed by atoms with E-state index in [-0.39, 0.29) is 5.91 Å². The SMILES string of the molecule is CCCCc1nnc(NC(=O)CCc2ccc(-c3ccccc3)o2)s1. The molecule has 5 nitrogen and oxygen atoms in total. The van der Waals surface area contributed by atoms with Gasteiger partial charge >= 0.3 is 0 Å². The Kier molecular flexibility index (Phi) is 5.95. The average Bonchev–Trinajstić information content (AvgIpc) is 3.28. The van der Waals surface area contributed by atoms with Gasteiger partial charge in [-0.1, -0.05) is 55.0 Å². The van der Waals surface area contributed by atoms with Crippen molar-refractivity contribution in [2.24, 2.45) is 0 Å². The number of benzene rings is 1. The number of unbranched alkanes of at least 4 members (excludes halogenated alkanes) is 1. The van der Waals surface area contributed by atoms with Crippen LogP contribution in [0.15, 0.2) is 46.9 Å². The van der Waals surface area contributed by atoms with Crippen LogP contribution in [0.5, 0.6) is 0 Å². The van der Waals surface area contributed by atoms with Crippen molar-refractivity contribution in [3.8, 4) is 11.3 Å². The minimum Gasteiger partial charge on any atom is -0.461 e. The smallest absolute Gasteiger partial charge is 0.226 e. The first-order valence-corrected chi connectivity index (χ1v) is 9.32. The molecule has 1 amide bonds. The van der Waals surface area contributed by atoms with Crippen LogP contribution in [0.4, 0.5) is 5.13 Å². The zero-order chi connectivity index (χ0) is 17.5. The molecule has 3 aromatic rings. The highest BCUT2D eigenvalue weighted by Crippen LogP contribution is 2.22. The molecule has 0 fully saturated rings. The Morgan fingerprint density at radius 3 is 2.76 bits per heavy atom. The molecule has 6 heteroatoms. The second-order valence-electron chi connectivity index (χ2n) is 5.78. The highest BCUT2D eigenvalue weighted by molar-refractivity contribution is 7.15. The zero-order valence-corrected chi connectivity index (χ0v) is 15.0. The Morgan fingerprint density at radius 1 is 1.12 bits per heavy atom. The van der Waals surface area contributed by atoms with Crippen molar-refractivity contribution in [2.45, 2.75) is 39.0 Å². The van der Waals surface area contributed by atoms with Crippen molar-refractivity contribution in [3.05, 3.63) is 53.2 Å². The molecule has 0 saturated heterocycles. The number of aromatic nitrogens is 2. The molecule has 0 aliphatic carbocycles. The summed E-state index contributed by atoms with van der Waals surface area (Å²) in [5.74, 6) is 1.55.